The Bertz CT molecular complexity index is 222. The van der Waals surface area contributed by atoms with Crippen molar-refractivity contribution in [1.82, 2.24) is 5.32 Å². The van der Waals surface area contributed by atoms with Gasteiger partial charge in [-0.15, -0.1) is 11.3 Å². The molecule has 12 heavy (non-hydrogen) atoms. The lowest BCUT2D eigenvalue weighted by Gasteiger charge is -1.99. The monoisotopic (exact) mass is 185 g/mol. The summed E-state index contributed by atoms with van der Waals surface area (Å²) >= 11 is 1.82. The minimum absolute atomic E-state index is 0.274. The highest BCUT2D eigenvalue weighted by atomic mass is 32.1. The van der Waals surface area contributed by atoms with E-state index in [1.165, 1.54) is 9.75 Å². The average molecular weight is 185 g/mol. The molecule has 1 aromatic heterocycles. The third-order valence-electron chi connectivity index (χ3n) is 1.61. The van der Waals surface area contributed by atoms with Gasteiger partial charge in [0.15, 0.2) is 0 Å². The van der Waals surface area contributed by atoms with Gasteiger partial charge in [0, 0.05) is 22.9 Å². The molecule has 3 heteroatoms. The van der Waals surface area contributed by atoms with E-state index in [2.05, 4.69) is 24.4 Å². The summed E-state index contributed by atoms with van der Waals surface area (Å²) in [5.41, 5.74) is 0. The highest BCUT2D eigenvalue weighted by Gasteiger charge is 1.94. The summed E-state index contributed by atoms with van der Waals surface area (Å²) in [7, 11) is 0. The molecule has 0 saturated carbocycles. The molecule has 68 valence electrons. The highest BCUT2D eigenvalue weighted by Crippen LogP contribution is 2.14. The van der Waals surface area contributed by atoms with Gasteiger partial charge in [-0.1, -0.05) is 0 Å². The van der Waals surface area contributed by atoms with Gasteiger partial charge < -0.3 is 10.4 Å². The molecule has 0 aliphatic rings. The first-order valence-electron chi connectivity index (χ1n) is 4.20. The van der Waals surface area contributed by atoms with E-state index in [1.54, 1.807) is 0 Å². The van der Waals surface area contributed by atoms with E-state index in [0.29, 0.717) is 0 Å². The Morgan fingerprint density at radius 1 is 1.50 bits per heavy atom. The first kappa shape index (κ1) is 9.71. The number of aliphatic hydroxyl groups is 1. The normalized spacial score (nSPS) is 10.5. The summed E-state index contributed by atoms with van der Waals surface area (Å²) in [6, 6.07) is 4.28. The van der Waals surface area contributed by atoms with Gasteiger partial charge in [-0.3, -0.25) is 0 Å². The number of thiophene rings is 1. The van der Waals surface area contributed by atoms with Crippen LogP contribution < -0.4 is 5.32 Å². The largest absolute Gasteiger partial charge is 0.396 e. The second-order valence-corrected chi connectivity index (χ2v) is 4.14. The molecule has 1 rings (SSSR count). The maximum atomic E-state index is 8.53. The zero-order chi connectivity index (χ0) is 8.81. The maximum absolute atomic E-state index is 8.53. The molecule has 0 amide bonds. The Morgan fingerprint density at radius 2 is 2.33 bits per heavy atom. The molecule has 0 aliphatic carbocycles. The average Bonchev–Trinajstić information content (AvgIpc) is 2.45. The van der Waals surface area contributed by atoms with E-state index in [9.17, 15) is 0 Å². The Balaban J connectivity index is 2.15. The molecule has 0 bridgehead atoms. The number of aliphatic hydroxyl groups excluding tert-OH is 1. The van der Waals surface area contributed by atoms with E-state index in [4.69, 9.17) is 5.11 Å². The molecule has 0 unspecified atom stereocenters. The van der Waals surface area contributed by atoms with Crippen molar-refractivity contribution in [2.75, 3.05) is 13.2 Å². The van der Waals surface area contributed by atoms with Crippen LogP contribution in [0.1, 0.15) is 16.2 Å². The minimum atomic E-state index is 0.274. The zero-order valence-corrected chi connectivity index (χ0v) is 8.16. The van der Waals surface area contributed by atoms with Gasteiger partial charge in [-0.05, 0) is 32.0 Å². The molecule has 0 aromatic carbocycles. The van der Waals surface area contributed by atoms with Crippen molar-refractivity contribution in [3.05, 3.63) is 21.9 Å². The van der Waals surface area contributed by atoms with E-state index in [-0.39, 0.29) is 6.61 Å². The van der Waals surface area contributed by atoms with E-state index in [0.717, 1.165) is 19.5 Å². The Morgan fingerprint density at radius 3 is 2.92 bits per heavy atom. The van der Waals surface area contributed by atoms with Crippen LogP contribution in [0.3, 0.4) is 0 Å². The fourth-order valence-corrected chi connectivity index (χ4v) is 1.86. The Hall–Kier alpha value is -0.380. The third-order valence-corrected chi connectivity index (χ3v) is 2.61. The molecule has 0 fully saturated rings. The summed E-state index contributed by atoms with van der Waals surface area (Å²) < 4.78 is 0. The quantitative estimate of drug-likeness (QED) is 0.682. The predicted molar refractivity (Wildman–Crippen MR) is 52.5 cm³/mol. The van der Waals surface area contributed by atoms with Gasteiger partial charge in [0.1, 0.15) is 0 Å². The molecular weight excluding hydrogens is 170 g/mol. The molecule has 0 aliphatic heterocycles. The van der Waals surface area contributed by atoms with Gasteiger partial charge >= 0.3 is 0 Å². The van der Waals surface area contributed by atoms with Gasteiger partial charge in [0.05, 0.1) is 0 Å². The van der Waals surface area contributed by atoms with Crippen LogP contribution in [0.25, 0.3) is 0 Å². The van der Waals surface area contributed by atoms with E-state index >= 15 is 0 Å². The highest BCUT2D eigenvalue weighted by molar-refractivity contribution is 7.11. The number of nitrogens with one attached hydrogen (secondary N) is 1. The van der Waals surface area contributed by atoms with Gasteiger partial charge in [-0.2, -0.15) is 0 Å². The van der Waals surface area contributed by atoms with Crippen LogP contribution in [-0.2, 0) is 6.54 Å². The first-order chi connectivity index (χ1) is 5.83. The summed E-state index contributed by atoms with van der Waals surface area (Å²) in [5, 5.41) is 11.8. The minimum Gasteiger partial charge on any atom is -0.396 e. The predicted octanol–water partition coefficient (Wildman–Crippen LogP) is 1.53. The third kappa shape index (κ3) is 3.34. The SMILES string of the molecule is Cc1ccc(CNCCCO)s1. The van der Waals surface area contributed by atoms with Crippen molar-refractivity contribution in [3.63, 3.8) is 0 Å². The van der Waals surface area contributed by atoms with Crippen molar-refractivity contribution in [2.24, 2.45) is 0 Å². The second kappa shape index (κ2) is 5.30. The molecule has 0 atom stereocenters. The second-order valence-electron chi connectivity index (χ2n) is 2.77. The molecular formula is C9H15NOS. The number of rotatable bonds is 5. The summed E-state index contributed by atoms with van der Waals surface area (Å²) in [6.45, 7) is 4.21. The Labute approximate surface area is 77.2 Å². The maximum Gasteiger partial charge on any atom is 0.0443 e. The van der Waals surface area contributed by atoms with Crippen LogP contribution in [0.15, 0.2) is 12.1 Å². The molecule has 1 aromatic rings. The topological polar surface area (TPSA) is 32.3 Å². The van der Waals surface area contributed by atoms with Crippen molar-refractivity contribution in [3.8, 4) is 0 Å². The van der Waals surface area contributed by atoms with Gasteiger partial charge in [0.2, 0.25) is 0 Å². The van der Waals surface area contributed by atoms with Crippen LogP contribution in [-0.4, -0.2) is 18.3 Å². The van der Waals surface area contributed by atoms with Crippen LogP contribution >= 0.6 is 11.3 Å². The Kier molecular flexibility index (Phi) is 4.29. The lowest BCUT2D eigenvalue weighted by molar-refractivity contribution is 0.286. The molecule has 1 heterocycles. The number of aryl methyl sites for hydroxylation is 1. The van der Waals surface area contributed by atoms with Crippen LogP contribution in [0.2, 0.25) is 0 Å². The lowest BCUT2D eigenvalue weighted by Crippen LogP contribution is -2.14. The lowest BCUT2D eigenvalue weighted by atomic mass is 10.4. The standard InChI is InChI=1S/C9H15NOS/c1-8-3-4-9(12-8)7-10-5-2-6-11/h3-4,10-11H,2,5-7H2,1H3. The molecule has 0 saturated heterocycles. The van der Waals surface area contributed by atoms with Gasteiger partial charge in [-0.25, -0.2) is 0 Å². The molecule has 2 nitrogen and oxygen atoms in total. The smallest absolute Gasteiger partial charge is 0.0443 e. The molecule has 2 N–H and O–H groups in total. The fourth-order valence-electron chi connectivity index (χ4n) is 0.996. The molecule has 0 radical (unpaired) electrons. The molecule has 0 spiro atoms. The number of hydrogen-bond acceptors (Lipinski definition) is 3. The van der Waals surface area contributed by atoms with Crippen LogP contribution in [0.4, 0.5) is 0 Å². The van der Waals surface area contributed by atoms with Crippen molar-refractivity contribution >= 4 is 11.3 Å². The van der Waals surface area contributed by atoms with Gasteiger partial charge in [0.25, 0.3) is 0 Å². The van der Waals surface area contributed by atoms with Crippen LogP contribution in [0.5, 0.6) is 0 Å². The van der Waals surface area contributed by atoms with Crippen molar-refractivity contribution in [2.45, 2.75) is 19.9 Å². The fraction of sp³-hybridized carbons (Fsp3) is 0.556. The summed E-state index contributed by atoms with van der Waals surface area (Å²) in [5.74, 6) is 0. The summed E-state index contributed by atoms with van der Waals surface area (Å²) in [4.78, 5) is 2.72. The summed E-state index contributed by atoms with van der Waals surface area (Å²) in [6.07, 6.45) is 0.838. The number of hydrogen-bond donors (Lipinski definition) is 2. The van der Waals surface area contributed by atoms with E-state index < -0.39 is 0 Å². The zero-order valence-electron chi connectivity index (χ0n) is 7.34. The van der Waals surface area contributed by atoms with Crippen molar-refractivity contribution in [1.29, 1.82) is 0 Å². The van der Waals surface area contributed by atoms with Crippen LogP contribution in [0, 0.1) is 6.92 Å². The van der Waals surface area contributed by atoms with E-state index in [1.807, 2.05) is 11.3 Å². The van der Waals surface area contributed by atoms with Crippen molar-refractivity contribution < 1.29 is 5.11 Å². The first-order valence-corrected chi connectivity index (χ1v) is 5.01.